The van der Waals surface area contributed by atoms with Crippen molar-refractivity contribution in [3.8, 4) is 0 Å². The average molecular weight is 614 g/mol. The van der Waals surface area contributed by atoms with Crippen molar-refractivity contribution < 1.29 is 49.4 Å². The maximum atomic E-state index is 14.1. The van der Waals surface area contributed by atoms with E-state index >= 15 is 0 Å². The number of nitrogens with zero attached hydrogens (tertiary/aromatic N) is 4. The summed E-state index contributed by atoms with van der Waals surface area (Å²) in [6.07, 6.45) is -11.5. The van der Waals surface area contributed by atoms with E-state index in [1.165, 1.54) is 11.8 Å². The van der Waals surface area contributed by atoms with Gasteiger partial charge in [-0.3, -0.25) is 9.59 Å². The van der Waals surface area contributed by atoms with E-state index in [-0.39, 0.29) is 50.8 Å². The fourth-order valence-electron chi connectivity index (χ4n) is 4.80. The Balaban J connectivity index is 1.36. The van der Waals surface area contributed by atoms with Crippen LogP contribution in [0.25, 0.3) is 0 Å². The number of alkyl halides is 8. The molecule has 2 aromatic rings. The first kappa shape index (κ1) is 31.4. The number of hydrogen-bond acceptors (Lipinski definition) is 8. The number of piperazine rings is 1. The fourth-order valence-corrected chi connectivity index (χ4v) is 4.80. The molecule has 0 radical (unpaired) electrons. The molecule has 1 saturated heterocycles. The molecule has 232 valence electrons. The molecule has 42 heavy (non-hydrogen) atoms. The topological polar surface area (TPSA) is 113 Å². The second-order valence-corrected chi connectivity index (χ2v) is 9.83. The van der Waals surface area contributed by atoms with Crippen molar-refractivity contribution in [2.45, 2.75) is 56.9 Å². The number of hydrogen-bond donors (Lipinski definition) is 2. The summed E-state index contributed by atoms with van der Waals surface area (Å²) in [4.78, 5) is 30.8. The normalized spacial score (nSPS) is 20.1. The predicted molar refractivity (Wildman–Crippen MR) is 130 cm³/mol. The number of H-pyrrole nitrogens is 1. The molecule has 4 rings (SSSR count). The fraction of sp³-hybridized carbons (Fsp3) is 0.583. The first-order valence-corrected chi connectivity index (χ1v) is 12.6. The van der Waals surface area contributed by atoms with Crippen LogP contribution in [0, 0.1) is 0 Å². The molecule has 4 heterocycles. The van der Waals surface area contributed by atoms with E-state index in [0.717, 1.165) is 17.2 Å². The van der Waals surface area contributed by atoms with Gasteiger partial charge < -0.3 is 24.6 Å². The van der Waals surface area contributed by atoms with Gasteiger partial charge in [-0.25, -0.2) is 18.9 Å². The standard InChI is InChI=1S/C24H26F8N6O4/c1-12(35-16-6-34-36-22(40)19(16)24(30,31)32)9-41-3-2-18(39)38-7-15-11-42-10-13-4-14(23(27,28)29)5-33-21(13)37(15)8-17(38)20(25)26/h4-6,12,15,17,20H,2-3,7-11H2,1H3,(H2,35,36,40)/t12-,15+,17-/m0/s1. The van der Waals surface area contributed by atoms with Crippen LogP contribution in [0.5, 0.6) is 0 Å². The van der Waals surface area contributed by atoms with Gasteiger partial charge in [-0.2, -0.15) is 31.4 Å². The minimum absolute atomic E-state index is 0.0474. The lowest BCUT2D eigenvalue weighted by Crippen LogP contribution is -2.63. The molecular formula is C24H26F8N6O4. The molecule has 0 aromatic carbocycles. The highest BCUT2D eigenvalue weighted by molar-refractivity contribution is 5.77. The quantitative estimate of drug-likeness (QED) is 0.344. The lowest BCUT2D eigenvalue weighted by molar-refractivity contribution is -0.140. The van der Waals surface area contributed by atoms with E-state index in [0.29, 0.717) is 6.20 Å². The summed E-state index contributed by atoms with van der Waals surface area (Å²) in [5.74, 6) is -0.596. The molecule has 2 aromatic heterocycles. The second-order valence-electron chi connectivity index (χ2n) is 9.83. The minimum Gasteiger partial charge on any atom is -0.379 e. The van der Waals surface area contributed by atoms with E-state index in [1.54, 1.807) is 5.10 Å². The Morgan fingerprint density at radius 3 is 2.60 bits per heavy atom. The van der Waals surface area contributed by atoms with Gasteiger partial charge in [0, 0.05) is 30.9 Å². The van der Waals surface area contributed by atoms with Crippen molar-refractivity contribution in [1.82, 2.24) is 20.1 Å². The number of nitrogens with one attached hydrogen (secondary N) is 2. The Kier molecular flexibility index (Phi) is 9.24. The molecule has 1 fully saturated rings. The molecule has 1 amide bonds. The van der Waals surface area contributed by atoms with Gasteiger partial charge in [0.15, 0.2) is 0 Å². The molecule has 2 aliphatic heterocycles. The Hall–Kier alpha value is -3.54. The van der Waals surface area contributed by atoms with Crippen molar-refractivity contribution in [1.29, 1.82) is 0 Å². The lowest BCUT2D eigenvalue weighted by atomic mass is 10.0. The van der Waals surface area contributed by atoms with E-state index < -0.39 is 71.7 Å². The number of aromatic nitrogens is 3. The Bertz CT molecular complexity index is 1320. The highest BCUT2D eigenvalue weighted by Gasteiger charge is 2.43. The molecule has 2 N–H and O–H groups in total. The smallest absolute Gasteiger partial charge is 0.379 e. The highest BCUT2D eigenvalue weighted by Crippen LogP contribution is 2.35. The Labute approximate surface area is 233 Å². The van der Waals surface area contributed by atoms with Crippen molar-refractivity contribution >= 4 is 17.4 Å². The number of amides is 1. The van der Waals surface area contributed by atoms with E-state index in [1.807, 2.05) is 0 Å². The van der Waals surface area contributed by atoms with Crippen LogP contribution < -0.4 is 15.8 Å². The van der Waals surface area contributed by atoms with Crippen LogP contribution in [0.15, 0.2) is 23.3 Å². The summed E-state index contributed by atoms with van der Waals surface area (Å²) in [5, 5.41) is 7.54. The van der Waals surface area contributed by atoms with Crippen LogP contribution in [-0.2, 0) is 33.2 Å². The summed E-state index contributed by atoms with van der Waals surface area (Å²) in [6.45, 7) is 0.165. The third-order valence-corrected chi connectivity index (χ3v) is 6.72. The van der Waals surface area contributed by atoms with Gasteiger partial charge in [-0.15, -0.1) is 0 Å². The summed E-state index contributed by atoms with van der Waals surface area (Å²) in [6, 6.07) is -2.13. The molecule has 18 heteroatoms. The summed E-state index contributed by atoms with van der Waals surface area (Å²) in [5.41, 5.74) is -4.36. The average Bonchev–Trinajstić information content (AvgIpc) is 3.07. The van der Waals surface area contributed by atoms with Crippen molar-refractivity contribution in [2.75, 3.05) is 43.1 Å². The van der Waals surface area contributed by atoms with Crippen LogP contribution in [0.4, 0.5) is 46.6 Å². The largest absolute Gasteiger partial charge is 0.423 e. The Morgan fingerprint density at radius 2 is 1.93 bits per heavy atom. The van der Waals surface area contributed by atoms with Crippen molar-refractivity contribution in [2.24, 2.45) is 0 Å². The van der Waals surface area contributed by atoms with Gasteiger partial charge in [0.2, 0.25) is 5.91 Å². The van der Waals surface area contributed by atoms with E-state index in [9.17, 15) is 44.7 Å². The predicted octanol–water partition coefficient (Wildman–Crippen LogP) is 3.29. The zero-order chi connectivity index (χ0) is 30.8. The minimum atomic E-state index is -4.94. The van der Waals surface area contributed by atoms with Gasteiger partial charge in [-0.05, 0) is 13.0 Å². The molecular weight excluding hydrogens is 588 g/mol. The number of carbonyl (C=O) groups is 1. The van der Waals surface area contributed by atoms with E-state index in [4.69, 9.17) is 9.47 Å². The molecule has 0 spiro atoms. The number of carbonyl (C=O) groups excluding carboxylic acids is 1. The summed E-state index contributed by atoms with van der Waals surface area (Å²) in [7, 11) is 0. The number of fused-ring (bicyclic) bond motifs is 3. The SMILES string of the molecule is C[C@@H](COCCC(=O)N1C[C@@H]2COCc3cc(C(F)(F)F)cnc3N2C[C@H]1C(F)F)Nc1cn[nH]c(=O)c1C(F)(F)F. The summed E-state index contributed by atoms with van der Waals surface area (Å²) < 4.78 is 118. The second kappa shape index (κ2) is 12.4. The molecule has 0 aliphatic carbocycles. The first-order valence-electron chi connectivity index (χ1n) is 12.6. The molecule has 0 saturated carbocycles. The number of ether oxygens (including phenoxy) is 2. The first-order chi connectivity index (χ1) is 19.7. The van der Waals surface area contributed by atoms with Gasteiger partial charge in [0.05, 0.1) is 56.3 Å². The molecule has 0 unspecified atom stereocenters. The van der Waals surface area contributed by atoms with Gasteiger partial charge in [0.1, 0.15) is 17.4 Å². The Morgan fingerprint density at radius 1 is 1.19 bits per heavy atom. The molecule has 3 atom stereocenters. The van der Waals surface area contributed by atoms with Gasteiger partial charge >= 0.3 is 12.4 Å². The zero-order valence-electron chi connectivity index (χ0n) is 21.9. The molecule has 10 nitrogen and oxygen atoms in total. The molecule has 2 aliphatic rings. The number of anilines is 2. The van der Waals surface area contributed by atoms with Crippen LogP contribution >= 0.6 is 0 Å². The third-order valence-electron chi connectivity index (χ3n) is 6.72. The van der Waals surface area contributed by atoms with Crippen LogP contribution in [0.3, 0.4) is 0 Å². The maximum Gasteiger partial charge on any atom is 0.423 e. The van der Waals surface area contributed by atoms with Crippen molar-refractivity contribution in [3.05, 3.63) is 45.5 Å². The maximum absolute atomic E-state index is 14.1. The van der Waals surface area contributed by atoms with Crippen LogP contribution in [0.1, 0.15) is 30.0 Å². The van der Waals surface area contributed by atoms with Crippen molar-refractivity contribution in [3.63, 3.8) is 0 Å². The van der Waals surface area contributed by atoms with Crippen LogP contribution in [-0.4, -0.2) is 83.4 Å². The lowest BCUT2D eigenvalue weighted by Gasteiger charge is -2.46. The number of pyridine rings is 1. The van der Waals surface area contributed by atoms with Gasteiger partial charge in [-0.1, -0.05) is 0 Å². The molecule has 0 bridgehead atoms. The number of aromatic amines is 1. The van der Waals surface area contributed by atoms with Gasteiger partial charge in [0.25, 0.3) is 12.0 Å². The number of rotatable bonds is 8. The van der Waals surface area contributed by atoms with E-state index in [2.05, 4.69) is 15.4 Å². The van der Waals surface area contributed by atoms with Crippen LogP contribution in [0.2, 0.25) is 0 Å². The summed E-state index contributed by atoms with van der Waals surface area (Å²) >= 11 is 0. The monoisotopic (exact) mass is 614 g/mol. The zero-order valence-corrected chi connectivity index (χ0v) is 21.9. The third kappa shape index (κ3) is 7.08. The highest BCUT2D eigenvalue weighted by atomic mass is 19.4. The number of halogens is 8.